The predicted octanol–water partition coefficient (Wildman–Crippen LogP) is 3.62. The van der Waals surface area contributed by atoms with Crippen LogP contribution in [0.3, 0.4) is 0 Å². The fourth-order valence-corrected chi connectivity index (χ4v) is 6.23. The van der Waals surface area contributed by atoms with Crippen LogP contribution in [0, 0.1) is 23.7 Å². The summed E-state index contributed by atoms with van der Waals surface area (Å²) in [6.07, 6.45) is 10.2. The lowest BCUT2D eigenvalue weighted by Gasteiger charge is -2.60. The van der Waals surface area contributed by atoms with E-state index in [4.69, 9.17) is 4.74 Å². The molecular formula is C19H34NO2+. The minimum atomic E-state index is -0.110. The van der Waals surface area contributed by atoms with Gasteiger partial charge in [0.25, 0.3) is 6.47 Å². The van der Waals surface area contributed by atoms with Crippen molar-refractivity contribution in [3.8, 4) is 0 Å². The standard InChI is InChI=1S/C19H34NO2/c1-4-7-20(2,3)8-5-6-19(22-14-21)17-10-15-9-16(12-17)13-18(19)11-15/h14-18H,4-13H2,1-3H3/q+1. The summed E-state index contributed by atoms with van der Waals surface area (Å²) in [5, 5.41) is 0. The highest BCUT2D eigenvalue weighted by Crippen LogP contribution is 2.60. The first-order valence-electron chi connectivity index (χ1n) is 9.42. The molecule has 0 spiro atoms. The van der Waals surface area contributed by atoms with Crippen LogP contribution in [-0.2, 0) is 9.53 Å². The summed E-state index contributed by atoms with van der Waals surface area (Å²) in [5.41, 5.74) is -0.110. The highest BCUT2D eigenvalue weighted by Gasteiger charge is 2.58. The monoisotopic (exact) mass is 308 g/mol. The number of carbonyl (C=O) groups excluding carboxylic acids is 1. The molecule has 0 heterocycles. The number of carbonyl (C=O) groups is 1. The maximum atomic E-state index is 11.2. The van der Waals surface area contributed by atoms with Crippen molar-refractivity contribution in [2.24, 2.45) is 23.7 Å². The summed E-state index contributed by atoms with van der Waals surface area (Å²) < 4.78 is 6.99. The summed E-state index contributed by atoms with van der Waals surface area (Å²) in [5.74, 6) is 3.16. The fraction of sp³-hybridized carbons (Fsp3) is 0.947. The van der Waals surface area contributed by atoms with E-state index in [2.05, 4.69) is 21.0 Å². The van der Waals surface area contributed by atoms with Gasteiger partial charge in [-0.05, 0) is 68.6 Å². The highest BCUT2D eigenvalue weighted by atomic mass is 16.5. The second kappa shape index (κ2) is 6.14. The van der Waals surface area contributed by atoms with Crippen LogP contribution in [-0.4, -0.2) is 43.7 Å². The molecule has 4 bridgehead atoms. The van der Waals surface area contributed by atoms with E-state index in [1.807, 2.05) is 0 Å². The molecule has 0 N–H and O–H groups in total. The van der Waals surface area contributed by atoms with Gasteiger partial charge in [-0.1, -0.05) is 6.92 Å². The van der Waals surface area contributed by atoms with Crippen LogP contribution in [0.5, 0.6) is 0 Å². The third-order valence-corrected chi connectivity index (χ3v) is 6.95. The van der Waals surface area contributed by atoms with Crippen molar-refractivity contribution in [1.29, 1.82) is 0 Å². The summed E-state index contributed by atoms with van der Waals surface area (Å²) in [7, 11) is 4.65. The maximum absolute atomic E-state index is 11.2. The van der Waals surface area contributed by atoms with Gasteiger partial charge in [-0.15, -0.1) is 0 Å². The number of hydrogen-bond acceptors (Lipinski definition) is 2. The predicted molar refractivity (Wildman–Crippen MR) is 88.3 cm³/mol. The third kappa shape index (κ3) is 2.93. The SMILES string of the molecule is CCC[N+](C)(C)CCCC1(OC=O)C2CC3CC(C2)CC1C3. The number of rotatable bonds is 8. The third-order valence-electron chi connectivity index (χ3n) is 6.95. The van der Waals surface area contributed by atoms with Crippen LogP contribution < -0.4 is 0 Å². The zero-order valence-corrected chi connectivity index (χ0v) is 14.7. The first kappa shape index (κ1) is 16.3. The van der Waals surface area contributed by atoms with Crippen molar-refractivity contribution < 1.29 is 14.0 Å². The largest absolute Gasteiger partial charge is 0.461 e. The van der Waals surface area contributed by atoms with E-state index in [1.165, 1.54) is 58.0 Å². The lowest BCUT2D eigenvalue weighted by Crippen LogP contribution is -2.59. The molecule has 4 aliphatic carbocycles. The highest BCUT2D eigenvalue weighted by molar-refractivity contribution is 5.39. The van der Waals surface area contributed by atoms with Crippen LogP contribution in [0.1, 0.15) is 58.3 Å². The molecule has 4 aliphatic rings. The average Bonchev–Trinajstić information content (AvgIpc) is 2.43. The van der Waals surface area contributed by atoms with Gasteiger partial charge in [-0.25, -0.2) is 0 Å². The Kier molecular flexibility index (Phi) is 4.55. The first-order chi connectivity index (χ1) is 10.5. The van der Waals surface area contributed by atoms with E-state index in [0.29, 0.717) is 11.8 Å². The molecule has 0 aromatic rings. The summed E-state index contributed by atoms with van der Waals surface area (Å²) in [6, 6.07) is 0. The smallest absolute Gasteiger partial charge is 0.293 e. The molecule has 4 fully saturated rings. The second-order valence-electron chi connectivity index (χ2n) is 8.96. The fourth-order valence-electron chi connectivity index (χ4n) is 6.23. The molecule has 0 atom stereocenters. The van der Waals surface area contributed by atoms with Gasteiger partial charge in [0.1, 0.15) is 5.60 Å². The molecule has 0 aromatic heterocycles. The van der Waals surface area contributed by atoms with Crippen molar-refractivity contribution in [2.45, 2.75) is 63.9 Å². The van der Waals surface area contributed by atoms with E-state index in [1.54, 1.807) is 0 Å². The maximum Gasteiger partial charge on any atom is 0.293 e. The molecule has 126 valence electrons. The zero-order valence-electron chi connectivity index (χ0n) is 14.7. The molecule has 0 aromatic carbocycles. The Morgan fingerprint density at radius 1 is 1.05 bits per heavy atom. The number of ether oxygens (including phenoxy) is 1. The first-order valence-corrected chi connectivity index (χ1v) is 9.42. The van der Waals surface area contributed by atoms with Crippen molar-refractivity contribution >= 4 is 6.47 Å². The van der Waals surface area contributed by atoms with Gasteiger partial charge in [0.2, 0.25) is 0 Å². The van der Waals surface area contributed by atoms with E-state index in [-0.39, 0.29) is 5.60 Å². The van der Waals surface area contributed by atoms with Gasteiger partial charge in [0.15, 0.2) is 0 Å². The van der Waals surface area contributed by atoms with Crippen LogP contribution >= 0.6 is 0 Å². The molecule has 0 amide bonds. The summed E-state index contributed by atoms with van der Waals surface area (Å²) in [4.78, 5) is 11.2. The second-order valence-corrected chi connectivity index (χ2v) is 8.96. The van der Waals surface area contributed by atoms with Crippen molar-refractivity contribution in [1.82, 2.24) is 0 Å². The van der Waals surface area contributed by atoms with Gasteiger partial charge in [-0.2, -0.15) is 0 Å². The minimum Gasteiger partial charge on any atom is -0.461 e. The number of hydrogen-bond donors (Lipinski definition) is 0. The van der Waals surface area contributed by atoms with Gasteiger partial charge in [-0.3, -0.25) is 4.79 Å². The van der Waals surface area contributed by atoms with Crippen molar-refractivity contribution in [3.63, 3.8) is 0 Å². The van der Waals surface area contributed by atoms with Gasteiger partial charge >= 0.3 is 0 Å². The zero-order chi connectivity index (χ0) is 15.8. The molecular weight excluding hydrogens is 274 g/mol. The number of nitrogens with zero attached hydrogens (tertiary/aromatic N) is 1. The Morgan fingerprint density at radius 3 is 2.14 bits per heavy atom. The molecule has 3 heteroatoms. The summed E-state index contributed by atoms with van der Waals surface area (Å²) >= 11 is 0. The van der Waals surface area contributed by atoms with Gasteiger partial charge in [0, 0.05) is 6.42 Å². The molecule has 4 saturated carbocycles. The summed E-state index contributed by atoms with van der Waals surface area (Å²) in [6.45, 7) is 5.45. The Bertz CT molecular complexity index is 376. The van der Waals surface area contributed by atoms with Crippen molar-refractivity contribution in [3.05, 3.63) is 0 Å². The molecule has 3 nitrogen and oxygen atoms in total. The Labute approximate surface area is 136 Å². The molecule has 22 heavy (non-hydrogen) atoms. The number of quaternary nitrogens is 1. The van der Waals surface area contributed by atoms with Crippen LogP contribution in [0.25, 0.3) is 0 Å². The lowest BCUT2D eigenvalue weighted by molar-refractivity contribution is -0.890. The Morgan fingerprint density at radius 2 is 1.64 bits per heavy atom. The van der Waals surface area contributed by atoms with Crippen LogP contribution in [0.4, 0.5) is 0 Å². The van der Waals surface area contributed by atoms with E-state index in [0.717, 1.165) is 29.2 Å². The topological polar surface area (TPSA) is 26.3 Å². The normalized spacial score (nSPS) is 40.0. The average molecular weight is 308 g/mol. The van der Waals surface area contributed by atoms with Crippen LogP contribution in [0.2, 0.25) is 0 Å². The lowest BCUT2D eigenvalue weighted by atomic mass is 9.49. The molecule has 0 saturated heterocycles. The Balaban J connectivity index is 1.66. The quantitative estimate of drug-likeness (QED) is 0.506. The molecule has 0 radical (unpaired) electrons. The van der Waals surface area contributed by atoms with Gasteiger partial charge < -0.3 is 9.22 Å². The van der Waals surface area contributed by atoms with Gasteiger partial charge in [0.05, 0.1) is 27.2 Å². The Hall–Kier alpha value is -0.570. The van der Waals surface area contributed by atoms with E-state index >= 15 is 0 Å². The molecule has 0 unspecified atom stereocenters. The molecule has 4 rings (SSSR count). The van der Waals surface area contributed by atoms with E-state index < -0.39 is 0 Å². The van der Waals surface area contributed by atoms with Crippen LogP contribution in [0.15, 0.2) is 0 Å². The van der Waals surface area contributed by atoms with E-state index in [9.17, 15) is 4.79 Å². The minimum absolute atomic E-state index is 0.110. The van der Waals surface area contributed by atoms with Crippen molar-refractivity contribution in [2.75, 3.05) is 27.2 Å². The molecule has 0 aliphatic heterocycles.